The van der Waals surface area contributed by atoms with Crippen LogP contribution in [-0.4, -0.2) is 32.0 Å². The molecule has 7 heteroatoms. The highest BCUT2D eigenvalue weighted by Gasteiger charge is 2.10. The van der Waals surface area contributed by atoms with Crippen molar-refractivity contribution in [2.24, 2.45) is 0 Å². The van der Waals surface area contributed by atoms with E-state index in [9.17, 15) is 0 Å². The van der Waals surface area contributed by atoms with Gasteiger partial charge in [-0.25, -0.2) is 3.35 Å². The topological polar surface area (TPSA) is 35.3 Å². The second-order valence-corrected chi connectivity index (χ2v) is 4.59. The molecule has 0 bridgehead atoms. The molecule has 0 aliphatic carbocycles. The third-order valence-corrected chi connectivity index (χ3v) is 2.79. The van der Waals surface area contributed by atoms with E-state index >= 15 is 0 Å². The summed E-state index contributed by atoms with van der Waals surface area (Å²) in [5.41, 5.74) is 0. The van der Waals surface area contributed by atoms with Crippen LogP contribution in [0, 0.1) is 0 Å². The summed E-state index contributed by atoms with van der Waals surface area (Å²) in [5.74, 6) is 0. The molecule has 0 radical (unpaired) electrons. The minimum Gasteiger partial charge on any atom is -0.395 e. The minimum absolute atomic E-state index is 0.250. The van der Waals surface area contributed by atoms with E-state index < -0.39 is 0 Å². The molecule has 0 aromatic rings. The molecule has 1 rings (SSSR count). The van der Waals surface area contributed by atoms with Crippen molar-refractivity contribution in [1.29, 1.82) is 0 Å². The number of thiocarbonyl (C=S) groups is 1. The van der Waals surface area contributed by atoms with Crippen LogP contribution in [0.4, 0.5) is 0 Å². The highest BCUT2D eigenvalue weighted by molar-refractivity contribution is 8.11. The van der Waals surface area contributed by atoms with E-state index in [4.69, 9.17) is 5.11 Å². The number of aliphatic hydroxyl groups excluding tert-OH is 1. The third-order valence-electron chi connectivity index (χ3n) is 1.54. The predicted octanol–water partition coefficient (Wildman–Crippen LogP) is 0.137. The van der Waals surface area contributed by atoms with Crippen molar-refractivity contribution in [3.05, 3.63) is 0 Å². The first-order valence-corrected chi connectivity index (χ1v) is 5.38. The Morgan fingerprint density at radius 2 is 2.31 bits per heavy atom. The molecule has 1 aliphatic heterocycles. The van der Waals surface area contributed by atoms with Gasteiger partial charge in [0.1, 0.15) is 0 Å². The number of thiol groups is 1. The largest absolute Gasteiger partial charge is 0.395 e. The second-order valence-electron chi connectivity index (χ2n) is 2.52. The smallest absolute Gasteiger partial charge is 0.301 e. The summed E-state index contributed by atoms with van der Waals surface area (Å²) < 4.78 is 1.18. The Morgan fingerprint density at radius 1 is 1.77 bits per heavy atom. The molecule has 1 fully saturated rings. The van der Waals surface area contributed by atoms with Gasteiger partial charge in [-0.15, -0.1) is 0 Å². The van der Waals surface area contributed by atoms with Crippen molar-refractivity contribution < 1.29 is 8.46 Å². The highest BCUT2D eigenvalue weighted by atomic mass is 32.2. The summed E-state index contributed by atoms with van der Waals surface area (Å²) in [6.07, 6.45) is 2.38. The molecule has 0 unspecified atom stereocenters. The van der Waals surface area contributed by atoms with Crippen LogP contribution in [-0.2, 0) is 25.2 Å². The molecule has 0 amide bonds. The third kappa shape index (κ3) is 7.65. The number of nitrogens with zero attached hydrogens (tertiary/aromatic N) is 1. The molecule has 3 nitrogen and oxygen atoms in total. The summed E-state index contributed by atoms with van der Waals surface area (Å²) in [6, 6.07) is 0.403. The van der Waals surface area contributed by atoms with Crippen molar-refractivity contribution in [2.45, 2.75) is 18.9 Å². The second kappa shape index (κ2) is 7.95. The van der Waals surface area contributed by atoms with Gasteiger partial charge in [0.25, 0.3) is 0 Å². The molecular formula is C6H12N2OS4. The normalized spacial score (nSPS) is 20.3. The van der Waals surface area contributed by atoms with E-state index in [1.54, 1.807) is 0 Å². The molecule has 1 atom stereocenters. The van der Waals surface area contributed by atoms with Gasteiger partial charge in [-0.1, -0.05) is 37.9 Å². The fourth-order valence-corrected chi connectivity index (χ4v) is 0.913. The van der Waals surface area contributed by atoms with E-state index in [2.05, 4.69) is 55.4 Å². The summed E-state index contributed by atoms with van der Waals surface area (Å²) in [4.78, 5) is 0. The highest BCUT2D eigenvalue weighted by Crippen LogP contribution is 2.02. The van der Waals surface area contributed by atoms with Gasteiger partial charge in [-0.05, 0) is 19.4 Å². The van der Waals surface area contributed by atoms with Crippen LogP contribution in [0.2, 0.25) is 0 Å². The molecule has 1 heterocycles. The number of hydrogen-bond donors (Lipinski definition) is 3. The average Bonchev–Trinajstić information content (AvgIpc) is 2.56. The van der Waals surface area contributed by atoms with Crippen LogP contribution in [0.3, 0.4) is 0 Å². The van der Waals surface area contributed by atoms with E-state index in [1.165, 1.54) is 6.42 Å². The van der Waals surface area contributed by atoms with Gasteiger partial charge in [-0.2, -0.15) is 0 Å². The molecule has 1 aliphatic rings. The standard InChI is InChI=1S/C5H11NO.CHNS4/c7-4-5-2-1-3-6-5;3-1(4)2(5)6/h5-7H,1-4H2;(H,3,4)/t5-;/m1./s1. The summed E-state index contributed by atoms with van der Waals surface area (Å²) in [7, 11) is 0. The summed E-state index contributed by atoms with van der Waals surface area (Å²) in [6.45, 7) is 1.39. The van der Waals surface area contributed by atoms with Crippen molar-refractivity contribution in [3.63, 3.8) is 0 Å². The first-order valence-electron chi connectivity index (χ1n) is 3.79. The predicted molar refractivity (Wildman–Crippen MR) is 64.7 cm³/mol. The SMILES string of the molecule is OC[C@H]1CCCN1.S=C(S)[N+](=S)[S-]. The van der Waals surface area contributed by atoms with Crippen LogP contribution >= 0.6 is 24.8 Å². The maximum Gasteiger partial charge on any atom is 0.301 e. The van der Waals surface area contributed by atoms with Gasteiger partial charge in [0.2, 0.25) is 0 Å². The van der Waals surface area contributed by atoms with Gasteiger partial charge < -0.3 is 10.4 Å². The molecule has 13 heavy (non-hydrogen) atoms. The molecule has 2 N–H and O–H groups in total. The number of aliphatic hydroxyl groups is 1. The molecular weight excluding hydrogens is 244 g/mol. The molecule has 0 spiro atoms. The summed E-state index contributed by atoms with van der Waals surface area (Å²) in [5, 5.41) is 11.7. The molecule has 0 aromatic carbocycles. The van der Waals surface area contributed by atoms with E-state index in [1.807, 2.05) is 0 Å². The van der Waals surface area contributed by atoms with Gasteiger partial charge in [0.05, 0.1) is 6.61 Å². The van der Waals surface area contributed by atoms with Crippen molar-refractivity contribution >= 4 is 54.4 Å². The number of nitrogens with one attached hydrogen (secondary N) is 1. The van der Waals surface area contributed by atoms with Gasteiger partial charge >= 0.3 is 4.32 Å². The maximum absolute atomic E-state index is 8.50. The number of hydrogen-bond acceptors (Lipinski definition) is 5. The Labute approximate surface area is 100 Å². The van der Waals surface area contributed by atoms with Crippen LogP contribution in [0.5, 0.6) is 0 Å². The van der Waals surface area contributed by atoms with Crippen molar-refractivity contribution in [2.75, 3.05) is 13.2 Å². The maximum atomic E-state index is 8.50. The quantitative estimate of drug-likeness (QED) is 0.269. The Kier molecular flexibility index (Phi) is 8.32. The van der Waals surface area contributed by atoms with Crippen LogP contribution in [0.15, 0.2) is 0 Å². The Bertz CT molecular complexity index is 169. The molecule has 0 aromatic heterocycles. The van der Waals surface area contributed by atoms with Crippen molar-refractivity contribution in [1.82, 2.24) is 5.32 Å². The Morgan fingerprint density at radius 3 is 2.46 bits per heavy atom. The lowest BCUT2D eigenvalue weighted by Gasteiger charge is -2.01. The zero-order valence-electron chi connectivity index (χ0n) is 6.97. The lowest BCUT2D eigenvalue weighted by molar-refractivity contribution is -0.141. The van der Waals surface area contributed by atoms with E-state index in [-0.39, 0.29) is 4.32 Å². The summed E-state index contributed by atoms with van der Waals surface area (Å²) >= 11 is 16.7. The number of rotatable bonds is 1. The zero-order chi connectivity index (χ0) is 10.3. The first-order chi connectivity index (χ1) is 6.07. The van der Waals surface area contributed by atoms with Crippen LogP contribution in [0.25, 0.3) is 0 Å². The van der Waals surface area contributed by atoms with Gasteiger partial charge in [0.15, 0.2) is 0 Å². The first kappa shape index (κ1) is 13.6. The van der Waals surface area contributed by atoms with Gasteiger partial charge in [-0.3, -0.25) is 0 Å². The van der Waals surface area contributed by atoms with E-state index in [0.717, 1.165) is 16.3 Å². The monoisotopic (exact) mass is 256 g/mol. The fraction of sp³-hybridized carbons (Fsp3) is 0.833. The molecule has 0 saturated carbocycles. The van der Waals surface area contributed by atoms with Gasteiger partial charge in [0, 0.05) is 18.3 Å². The average molecular weight is 256 g/mol. The minimum atomic E-state index is 0.250. The van der Waals surface area contributed by atoms with Crippen molar-refractivity contribution in [3.8, 4) is 0 Å². The fourth-order valence-electron chi connectivity index (χ4n) is 0.913. The molecule has 76 valence electrons. The lowest BCUT2D eigenvalue weighted by Crippen LogP contribution is -2.24. The zero-order valence-corrected chi connectivity index (χ0v) is 10.3. The van der Waals surface area contributed by atoms with Crippen LogP contribution in [0.1, 0.15) is 12.8 Å². The Hall–Kier alpha value is 0.600. The lowest BCUT2D eigenvalue weighted by atomic mass is 10.2. The Balaban J connectivity index is 0.000000226. The van der Waals surface area contributed by atoms with E-state index in [0.29, 0.717) is 12.6 Å². The van der Waals surface area contributed by atoms with Crippen LogP contribution < -0.4 is 5.32 Å². The molecule has 1 saturated heterocycles.